The van der Waals surface area contributed by atoms with Gasteiger partial charge in [0.1, 0.15) is 23.2 Å². The Morgan fingerprint density at radius 2 is 1.54 bits per heavy atom. The molecule has 0 bridgehead atoms. The van der Waals surface area contributed by atoms with E-state index in [0.717, 1.165) is 53.9 Å². The average Bonchev–Trinajstić information content (AvgIpc) is 3.61. The maximum absolute atomic E-state index is 12.6. The number of piperidine rings is 1. The minimum absolute atomic E-state index is 0.188. The number of carbonyl (C=O) groups is 1. The van der Waals surface area contributed by atoms with Crippen LogP contribution in [0.5, 0.6) is 17.5 Å². The summed E-state index contributed by atoms with van der Waals surface area (Å²) in [5.41, 5.74) is 4.00. The summed E-state index contributed by atoms with van der Waals surface area (Å²) in [6, 6.07) is 19.9. The third-order valence-electron chi connectivity index (χ3n) is 9.43. The van der Waals surface area contributed by atoms with Gasteiger partial charge in [-0.15, -0.1) is 5.10 Å². The number of carbonyl (C=O) groups excluding carboxylic acids is 1. The smallest absolute Gasteiger partial charge is 0.410 e. The summed E-state index contributed by atoms with van der Waals surface area (Å²) in [5, 5.41) is 16.5. The first-order chi connectivity index (χ1) is 26.0. The number of fused-ring (bicyclic) bond motifs is 1. The first kappa shape index (κ1) is 38.3. The van der Waals surface area contributed by atoms with Crippen LogP contribution in [0.3, 0.4) is 0 Å². The molecule has 1 fully saturated rings. The van der Waals surface area contributed by atoms with Crippen LogP contribution >= 0.6 is 0 Å². The molecule has 1 saturated heterocycles. The Balaban J connectivity index is 1.29. The molecule has 54 heavy (non-hydrogen) atoms. The summed E-state index contributed by atoms with van der Waals surface area (Å²) in [6.45, 7) is 10.4. The van der Waals surface area contributed by atoms with Crippen LogP contribution < -0.4 is 19.1 Å². The number of nitrogens with zero attached hydrogens (tertiary/aromatic N) is 7. The van der Waals surface area contributed by atoms with Gasteiger partial charge in [-0.3, -0.25) is 4.98 Å². The maximum Gasteiger partial charge on any atom is 0.410 e. The monoisotopic (exact) mass is 737 g/mol. The quantitative estimate of drug-likeness (QED) is 0.117. The molecule has 2 aromatic carbocycles. The Morgan fingerprint density at radius 1 is 0.907 bits per heavy atom. The van der Waals surface area contributed by atoms with Crippen molar-refractivity contribution < 1.29 is 28.8 Å². The number of rotatable bonds is 14. The van der Waals surface area contributed by atoms with Gasteiger partial charge < -0.3 is 33.9 Å². The molecule has 13 heteroatoms. The molecule has 1 aliphatic heterocycles. The zero-order valence-electron chi connectivity index (χ0n) is 32.1. The lowest BCUT2D eigenvalue weighted by Crippen LogP contribution is -2.41. The number of pyridine rings is 1. The van der Waals surface area contributed by atoms with Gasteiger partial charge in [-0.1, -0.05) is 43.7 Å². The van der Waals surface area contributed by atoms with Gasteiger partial charge in [-0.25, -0.2) is 14.3 Å². The standard InChI is InChI=1S/C41H51N7O6/c1-7-8-23-53-39-44-38(47(26-28-9-14-32(51-5)15-10-28)27-29-11-16-33(52-6)17-12-29)37-43-25-35(48(37)45-39)36(49)34-18-13-31(24-42-34)30-19-21-46(22-20-30)40(50)54-41(2,3)4/h9-18,24-25,30,36,49H,7-8,19-23,26-27H2,1-6H3. The summed E-state index contributed by atoms with van der Waals surface area (Å²) in [6.07, 6.45) is 5.45. The molecule has 4 heterocycles. The predicted octanol–water partition coefficient (Wildman–Crippen LogP) is 7.12. The highest BCUT2D eigenvalue weighted by Gasteiger charge is 2.29. The van der Waals surface area contributed by atoms with Crippen molar-refractivity contribution in [1.82, 2.24) is 29.5 Å². The van der Waals surface area contributed by atoms with Gasteiger partial charge >= 0.3 is 12.1 Å². The number of aliphatic hydroxyl groups excluding tert-OH is 1. The number of unbranched alkanes of at least 4 members (excludes halogenated alkanes) is 1. The number of amides is 1. The fourth-order valence-corrected chi connectivity index (χ4v) is 6.43. The number of hydrogen-bond acceptors (Lipinski definition) is 11. The molecule has 5 aromatic rings. The molecule has 0 radical (unpaired) electrons. The van der Waals surface area contributed by atoms with E-state index in [2.05, 4.69) is 11.8 Å². The van der Waals surface area contributed by atoms with Crippen LogP contribution in [0.4, 0.5) is 10.6 Å². The third-order valence-corrected chi connectivity index (χ3v) is 9.43. The molecule has 0 spiro atoms. The fourth-order valence-electron chi connectivity index (χ4n) is 6.43. The van der Waals surface area contributed by atoms with Crippen LogP contribution in [0.1, 0.15) is 93.5 Å². The lowest BCUT2D eigenvalue weighted by Gasteiger charge is -2.33. The molecule has 0 aliphatic carbocycles. The van der Waals surface area contributed by atoms with Crippen molar-refractivity contribution in [1.29, 1.82) is 0 Å². The van der Waals surface area contributed by atoms with Crippen molar-refractivity contribution in [3.05, 3.63) is 101 Å². The van der Waals surface area contributed by atoms with E-state index < -0.39 is 11.7 Å². The molecular formula is C41H51N7O6. The number of anilines is 1. The number of ether oxygens (including phenoxy) is 4. The molecule has 1 atom stereocenters. The molecule has 1 unspecified atom stereocenters. The normalized spacial score (nSPS) is 14.2. The lowest BCUT2D eigenvalue weighted by atomic mass is 9.90. The molecule has 1 amide bonds. The molecule has 0 saturated carbocycles. The van der Waals surface area contributed by atoms with Crippen LogP contribution in [0, 0.1) is 0 Å². The molecule has 13 nitrogen and oxygen atoms in total. The Kier molecular flexibility index (Phi) is 12.2. The maximum atomic E-state index is 12.6. The highest BCUT2D eigenvalue weighted by atomic mass is 16.6. The minimum Gasteiger partial charge on any atom is -0.497 e. The minimum atomic E-state index is -1.12. The van der Waals surface area contributed by atoms with Gasteiger partial charge in [0.05, 0.1) is 38.4 Å². The van der Waals surface area contributed by atoms with E-state index in [1.807, 2.05) is 87.6 Å². The molecule has 3 aromatic heterocycles. The SMILES string of the molecule is CCCCOc1nc(N(Cc2ccc(OC)cc2)Cc2ccc(OC)cc2)c2ncc(C(O)c3ccc(C4CCN(C(=O)OC(C)(C)C)CC4)cn3)n2n1. The Labute approximate surface area is 316 Å². The van der Waals surface area contributed by atoms with Crippen LogP contribution in [-0.2, 0) is 17.8 Å². The van der Waals surface area contributed by atoms with Gasteiger partial charge in [-0.2, -0.15) is 4.98 Å². The second kappa shape index (κ2) is 17.1. The van der Waals surface area contributed by atoms with Crippen LogP contribution in [-0.4, -0.2) is 80.2 Å². The van der Waals surface area contributed by atoms with Crippen molar-refractivity contribution in [3.8, 4) is 17.5 Å². The van der Waals surface area contributed by atoms with Crippen molar-refractivity contribution in [3.63, 3.8) is 0 Å². The average molecular weight is 738 g/mol. The summed E-state index contributed by atoms with van der Waals surface area (Å²) in [4.78, 5) is 30.8. The van der Waals surface area contributed by atoms with Crippen molar-refractivity contribution in [2.24, 2.45) is 0 Å². The van der Waals surface area contributed by atoms with Gasteiger partial charge in [-0.05, 0) is 93.0 Å². The Bertz CT molecular complexity index is 1920. The van der Waals surface area contributed by atoms with Crippen LogP contribution in [0.25, 0.3) is 5.65 Å². The zero-order chi connectivity index (χ0) is 38.2. The molecule has 6 rings (SSSR count). The summed E-state index contributed by atoms with van der Waals surface area (Å²) in [5.74, 6) is 2.35. The second-order valence-corrected chi connectivity index (χ2v) is 14.6. The van der Waals surface area contributed by atoms with E-state index in [1.165, 1.54) is 0 Å². The molecule has 1 N–H and O–H groups in total. The predicted molar refractivity (Wildman–Crippen MR) is 205 cm³/mol. The number of methoxy groups -OCH3 is 2. The van der Waals surface area contributed by atoms with Gasteiger partial charge in [0.2, 0.25) is 0 Å². The van der Waals surface area contributed by atoms with Crippen molar-refractivity contribution in [2.45, 2.75) is 84.1 Å². The number of aromatic nitrogens is 5. The molecular weight excluding hydrogens is 686 g/mol. The van der Waals surface area contributed by atoms with E-state index in [9.17, 15) is 9.90 Å². The topological polar surface area (TPSA) is 137 Å². The number of aliphatic hydroxyl groups is 1. The number of imidazole rings is 1. The number of likely N-dealkylation sites (tertiary alicyclic amines) is 1. The van der Waals surface area contributed by atoms with E-state index in [0.29, 0.717) is 55.6 Å². The lowest BCUT2D eigenvalue weighted by molar-refractivity contribution is 0.0204. The number of benzene rings is 2. The number of hydrogen-bond donors (Lipinski definition) is 1. The summed E-state index contributed by atoms with van der Waals surface area (Å²) >= 11 is 0. The largest absolute Gasteiger partial charge is 0.497 e. The van der Waals surface area contributed by atoms with Gasteiger partial charge in [0, 0.05) is 32.4 Å². The van der Waals surface area contributed by atoms with Crippen molar-refractivity contribution in [2.75, 3.05) is 38.8 Å². The van der Waals surface area contributed by atoms with E-state index in [1.54, 1.807) is 29.8 Å². The molecule has 286 valence electrons. The van der Waals surface area contributed by atoms with Crippen LogP contribution in [0.2, 0.25) is 0 Å². The zero-order valence-corrected chi connectivity index (χ0v) is 32.1. The van der Waals surface area contributed by atoms with Gasteiger partial charge in [0.15, 0.2) is 11.5 Å². The Morgan fingerprint density at radius 3 is 2.07 bits per heavy atom. The summed E-state index contributed by atoms with van der Waals surface area (Å²) < 4.78 is 24.1. The summed E-state index contributed by atoms with van der Waals surface area (Å²) in [7, 11) is 3.30. The highest BCUT2D eigenvalue weighted by molar-refractivity contribution is 5.68. The first-order valence-corrected chi connectivity index (χ1v) is 18.6. The van der Waals surface area contributed by atoms with Crippen LogP contribution in [0.15, 0.2) is 73.1 Å². The fraction of sp³-hybridized carbons (Fsp3) is 0.439. The van der Waals surface area contributed by atoms with Gasteiger partial charge in [0.25, 0.3) is 0 Å². The van der Waals surface area contributed by atoms with E-state index in [4.69, 9.17) is 39.0 Å². The van der Waals surface area contributed by atoms with E-state index >= 15 is 0 Å². The third kappa shape index (κ3) is 9.37. The second-order valence-electron chi connectivity index (χ2n) is 14.6. The van der Waals surface area contributed by atoms with Crippen molar-refractivity contribution >= 4 is 17.6 Å². The Hall–Kier alpha value is -5.43. The molecule has 1 aliphatic rings. The highest BCUT2D eigenvalue weighted by Crippen LogP contribution is 2.32. The van der Waals surface area contributed by atoms with E-state index in [-0.39, 0.29) is 18.0 Å². The first-order valence-electron chi connectivity index (χ1n) is 18.6.